The molecule has 0 aliphatic heterocycles. The molecule has 1 aliphatic carbocycles. The Morgan fingerprint density at radius 3 is 2.58 bits per heavy atom. The summed E-state index contributed by atoms with van der Waals surface area (Å²) in [5.74, 6) is -0.106. The molecule has 2 N–H and O–H groups in total. The molecule has 0 bridgehead atoms. The molecule has 2 rings (SSSR count). The smallest absolute Gasteiger partial charge is 0.243 e. The minimum atomic E-state index is -3.55. The molecular weight excluding hydrogens is 374 g/mol. The molecule has 0 atom stereocenters. The first-order valence-electron chi connectivity index (χ1n) is 8.97. The van der Waals surface area contributed by atoms with Crippen LogP contribution in [0.2, 0.25) is 0 Å². The lowest BCUT2D eigenvalue weighted by Gasteiger charge is -2.30. The molecule has 0 saturated heterocycles. The summed E-state index contributed by atoms with van der Waals surface area (Å²) in [6.45, 7) is 0.772. The van der Waals surface area contributed by atoms with Gasteiger partial charge in [-0.15, -0.1) is 12.4 Å². The first kappa shape index (κ1) is 22.9. The SMILES string of the molecule is CNCCCC(=O)Nc1cccc(S(=O)(=O)N(C)C2CCCCC2)c1.Cl. The van der Waals surface area contributed by atoms with E-state index in [9.17, 15) is 13.2 Å². The Kier molecular flexibility index (Phi) is 9.57. The van der Waals surface area contributed by atoms with Crippen molar-refractivity contribution in [1.29, 1.82) is 0 Å². The molecule has 1 aliphatic rings. The maximum Gasteiger partial charge on any atom is 0.243 e. The van der Waals surface area contributed by atoms with Gasteiger partial charge in [0.15, 0.2) is 0 Å². The molecule has 0 radical (unpaired) electrons. The van der Waals surface area contributed by atoms with E-state index in [1.807, 2.05) is 7.05 Å². The van der Waals surface area contributed by atoms with Crippen molar-refractivity contribution >= 4 is 34.0 Å². The highest BCUT2D eigenvalue weighted by atomic mass is 35.5. The maximum atomic E-state index is 12.9. The lowest BCUT2D eigenvalue weighted by atomic mass is 9.96. The number of carbonyl (C=O) groups excluding carboxylic acids is 1. The Morgan fingerprint density at radius 2 is 1.92 bits per heavy atom. The first-order valence-corrected chi connectivity index (χ1v) is 10.4. The van der Waals surface area contributed by atoms with E-state index in [0.29, 0.717) is 12.1 Å². The number of nitrogens with zero attached hydrogens (tertiary/aromatic N) is 1. The molecule has 1 aromatic carbocycles. The van der Waals surface area contributed by atoms with Crippen molar-refractivity contribution in [2.75, 3.05) is 26.0 Å². The Morgan fingerprint density at radius 1 is 1.23 bits per heavy atom. The fraction of sp³-hybridized carbons (Fsp3) is 0.611. The minimum Gasteiger partial charge on any atom is -0.326 e. The van der Waals surface area contributed by atoms with Gasteiger partial charge in [0, 0.05) is 25.2 Å². The first-order chi connectivity index (χ1) is 11.9. The van der Waals surface area contributed by atoms with Gasteiger partial charge in [0.25, 0.3) is 0 Å². The van der Waals surface area contributed by atoms with Crippen molar-refractivity contribution in [3.63, 3.8) is 0 Å². The van der Waals surface area contributed by atoms with Crippen molar-refractivity contribution in [2.24, 2.45) is 0 Å². The molecule has 8 heteroatoms. The molecule has 26 heavy (non-hydrogen) atoms. The summed E-state index contributed by atoms with van der Waals surface area (Å²) >= 11 is 0. The molecule has 1 fully saturated rings. The lowest BCUT2D eigenvalue weighted by Crippen LogP contribution is -2.38. The van der Waals surface area contributed by atoms with Crippen LogP contribution in [0.3, 0.4) is 0 Å². The van der Waals surface area contributed by atoms with Crippen LogP contribution in [0.5, 0.6) is 0 Å². The van der Waals surface area contributed by atoms with E-state index in [-0.39, 0.29) is 29.3 Å². The van der Waals surface area contributed by atoms with Crippen molar-refractivity contribution < 1.29 is 13.2 Å². The average molecular weight is 404 g/mol. The Balaban J connectivity index is 0.00000338. The number of anilines is 1. The zero-order valence-corrected chi connectivity index (χ0v) is 17.2. The van der Waals surface area contributed by atoms with Gasteiger partial charge in [-0.3, -0.25) is 4.79 Å². The van der Waals surface area contributed by atoms with Gasteiger partial charge in [0.1, 0.15) is 0 Å². The summed E-state index contributed by atoms with van der Waals surface area (Å²) in [6.07, 6.45) is 6.31. The van der Waals surface area contributed by atoms with Gasteiger partial charge < -0.3 is 10.6 Å². The van der Waals surface area contributed by atoms with Crippen LogP contribution in [0.4, 0.5) is 5.69 Å². The highest BCUT2D eigenvalue weighted by Gasteiger charge is 2.29. The fourth-order valence-corrected chi connectivity index (χ4v) is 4.65. The summed E-state index contributed by atoms with van der Waals surface area (Å²) in [5, 5.41) is 5.78. The summed E-state index contributed by atoms with van der Waals surface area (Å²) in [4.78, 5) is 12.2. The van der Waals surface area contributed by atoms with Gasteiger partial charge in [0.05, 0.1) is 4.90 Å². The third-order valence-corrected chi connectivity index (χ3v) is 6.62. The van der Waals surface area contributed by atoms with Gasteiger partial charge >= 0.3 is 0 Å². The summed E-state index contributed by atoms with van der Waals surface area (Å²) in [7, 11) is -0.0424. The van der Waals surface area contributed by atoms with Crippen LogP contribution in [0.25, 0.3) is 0 Å². The van der Waals surface area contributed by atoms with Crippen LogP contribution < -0.4 is 10.6 Å². The predicted molar refractivity (Wildman–Crippen MR) is 107 cm³/mol. The van der Waals surface area contributed by atoms with Crippen LogP contribution in [0.1, 0.15) is 44.9 Å². The molecule has 1 amide bonds. The standard InChI is InChI=1S/C18H29N3O3S.ClH/c1-19-13-7-12-18(22)20-15-8-6-11-17(14-15)25(23,24)21(2)16-9-4-3-5-10-16;/h6,8,11,14,16,19H,3-5,7,9-10,12-13H2,1-2H3,(H,20,22);1H. The van der Waals surface area contributed by atoms with E-state index >= 15 is 0 Å². The Hall–Kier alpha value is -1.15. The number of amides is 1. The molecule has 1 saturated carbocycles. The fourth-order valence-electron chi connectivity index (χ4n) is 3.19. The summed E-state index contributed by atoms with van der Waals surface area (Å²) in [5.41, 5.74) is 0.521. The number of nitrogens with one attached hydrogen (secondary N) is 2. The topological polar surface area (TPSA) is 78.5 Å². The quantitative estimate of drug-likeness (QED) is 0.654. The van der Waals surface area contributed by atoms with E-state index in [1.54, 1.807) is 31.3 Å². The normalized spacial score (nSPS) is 15.5. The highest BCUT2D eigenvalue weighted by molar-refractivity contribution is 7.89. The molecule has 6 nitrogen and oxygen atoms in total. The van der Waals surface area contributed by atoms with Crippen LogP contribution in [0, 0.1) is 0 Å². The van der Waals surface area contributed by atoms with E-state index < -0.39 is 10.0 Å². The number of rotatable bonds is 8. The van der Waals surface area contributed by atoms with Crippen molar-refractivity contribution in [3.8, 4) is 0 Å². The van der Waals surface area contributed by atoms with E-state index in [0.717, 1.165) is 38.6 Å². The third kappa shape index (κ3) is 6.23. The Bertz CT molecular complexity index is 676. The van der Waals surface area contributed by atoms with Crippen LogP contribution in [0.15, 0.2) is 29.2 Å². The average Bonchev–Trinajstić information content (AvgIpc) is 2.62. The van der Waals surface area contributed by atoms with Crippen molar-refractivity contribution in [3.05, 3.63) is 24.3 Å². The highest BCUT2D eigenvalue weighted by Crippen LogP contribution is 2.27. The Labute approximate surface area is 163 Å². The van der Waals surface area contributed by atoms with Crippen molar-refractivity contribution in [1.82, 2.24) is 9.62 Å². The van der Waals surface area contributed by atoms with Gasteiger partial charge in [-0.2, -0.15) is 4.31 Å². The maximum absolute atomic E-state index is 12.9. The zero-order chi connectivity index (χ0) is 18.3. The summed E-state index contributed by atoms with van der Waals surface area (Å²) < 4.78 is 27.3. The number of halogens is 1. The summed E-state index contributed by atoms with van der Waals surface area (Å²) in [6, 6.07) is 6.59. The van der Waals surface area contributed by atoms with Crippen LogP contribution >= 0.6 is 12.4 Å². The molecule has 148 valence electrons. The van der Waals surface area contributed by atoms with Gasteiger partial charge in [-0.1, -0.05) is 25.3 Å². The number of carbonyl (C=O) groups is 1. The monoisotopic (exact) mass is 403 g/mol. The van der Waals surface area contributed by atoms with Gasteiger partial charge in [-0.05, 0) is 51.1 Å². The van der Waals surface area contributed by atoms with Gasteiger partial charge in [-0.25, -0.2) is 8.42 Å². The van der Waals surface area contributed by atoms with Crippen molar-refractivity contribution in [2.45, 2.75) is 55.9 Å². The lowest BCUT2D eigenvalue weighted by molar-refractivity contribution is -0.116. The second-order valence-electron chi connectivity index (χ2n) is 6.60. The minimum absolute atomic E-state index is 0. The third-order valence-electron chi connectivity index (χ3n) is 4.71. The predicted octanol–water partition coefficient (Wildman–Crippen LogP) is 3.00. The zero-order valence-electron chi connectivity index (χ0n) is 15.5. The molecule has 0 aromatic heterocycles. The van der Waals surface area contributed by atoms with Crippen LogP contribution in [-0.4, -0.2) is 45.3 Å². The largest absolute Gasteiger partial charge is 0.326 e. The van der Waals surface area contributed by atoms with Crippen LogP contribution in [-0.2, 0) is 14.8 Å². The number of hydrogen-bond donors (Lipinski definition) is 2. The molecule has 0 unspecified atom stereocenters. The number of sulfonamides is 1. The molecule has 0 heterocycles. The van der Waals surface area contributed by atoms with Gasteiger partial charge in [0.2, 0.25) is 15.9 Å². The van der Waals surface area contributed by atoms with E-state index in [2.05, 4.69) is 10.6 Å². The molecule has 1 aromatic rings. The number of hydrogen-bond acceptors (Lipinski definition) is 4. The number of benzene rings is 1. The van der Waals surface area contributed by atoms with E-state index in [4.69, 9.17) is 0 Å². The molecular formula is C18H30ClN3O3S. The second kappa shape index (κ2) is 10.9. The molecule has 0 spiro atoms. The second-order valence-corrected chi connectivity index (χ2v) is 8.59. The van der Waals surface area contributed by atoms with E-state index in [1.165, 1.54) is 10.7 Å².